The molecule has 0 spiro atoms. The second-order valence-corrected chi connectivity index (χ2v) is 6.33. The topological polar surface area (TPSA) is 12.0 Å². The Morgan fingerprint density at radius 3 is 2.19 bits per heavy atom. The molecule has 2 aromatic carbocycles. The maximum Gasteiger partial charge on any atom is 0.0595 e. The second kappa shape index (κ2) is 7.31. The molecule has 0 saturated heterocycles. The molecule has 1 unspecified atom stereocenters. The van der Waals surface area contributed by atoms with Crippen molar-refractivity contribution in [1.29, 1.82) is 0 Å². The lowest BCUT2D eigenvalue weighted by molar-refractivity contribution is 0.554. The third-order valence-corrected chi connectivity index (χ3v) is 4.71. The van der Waals surface area contributed by atoms with Crippen LogP contribution in [0.1, 0.15) is 22.3 Å². The van der Waals surface area contributed by atoms with Crippen molar-refractivity contribution < 1.29 is 0 Å². The van der Waals surface area contributed by atoms with Crippen LogP contribution in [0.4, 0.5) is 0 Å². The fourth-order valence-corrected chi connectivity index (χ4v) is 2.97. The first-order chi connectivity index (χ1) is 10.0. The number of hydrogen-bond donors (Lipinski definition) is 1. The molecule has 1 N–H and O–H groups in total. The van der Waals surface area contributed by atoms with Gasteiger partial charge in [0.2, 0.25) is 0 Å². The third-order valence-electron chi connectivity index (χ3n) is 3.97. The zero-order chi connectivity index (χ0) is 15.4. The van der Waals surface area contributed by atoms with Gasteiger partial charge in [-0.2, -0.15) is 0 Å². The zero-order valence-electron chi connectivity index (χ0n) is 12.7. The summed E-state index contributed by atoms with van der Waals surface area (Å²) in [5.74, 6) is 0. The highest BCUT2D eigenvalue weighted by Gasteiger charge is 2.12. The Labute approximate surface area is 137 Å². The van der Waals surface area contributed by atoms with E-state index in [0.29, 0.717) is 16.1 Å². The van der Waals surface area contributed by atoms with Crippen molar-refractivity contribution in [3.8, 4) is 0 Å². The van der Waals surface area contributed by atoms with Gasteiger partial charge in [0.05, 0.1) is 10.0 Å². The van der Waals surface area contributed by atoms with E-state index in [1.165, 1.54) is 22.3 Å². The summed E-state index contributed by atoms with van der Waals surface area (Å²) in [6.45, 7) is 4.35. The number of nitrogens with one attached hydrogen (secondary N) is 1. The molecule has 2 rings (SSSR count). The number of halogens is 2. The minimum absolute atomic E-state index is 0.377. The van der Waals surface area contributed by atoms with Gasteiger partial charge in [0, 0.05) is 6.04 Å². The molecule has 0 aliphatic rings. The summed E-state index contributed by atoms with van der Waals surface area (Å²) >= 11 is 12.1. The first kappa shape index (κ1) is 16.4. The molecule has 0 heterocycles. The van der Waals surface area contributed by atoms with Gasteiger partial charge < -0.3 is 5.32 Å². The summed E-state index contributed by atoms with van der Waals surface area (Å²) < 4.78 is 0. The summed E-state index contributed by atoms with van der Waals surface area (Å²) in [7, 11) is 2.01. The van der Waals surface area contributed by atoms with Crippen molar-refractivity contribution in [3.05, 3.63) is 68.7 Å². The van der Waals surface area contributed by atoms with E-state index in [1.807, 2.05) is 25.2 Å². The van der Waals surface area contributed by atoms with Gasteiger partial charge in [-0.15, -0.1) is 0 Å². The van der Waals surface area contributed by atoms with Crippen LogP contribution in [0.2, 0.25) is 10.0 Å². The van der Waals surface area contributed by atoms with Crippen LogP contribution >= 0.6 is 23.2 Å². The summed E-state index contributed by atoms with van der Waals surface area (Å²) in [5.41, 5.74) is 5.33. The van der Waals surface area contributed by atoms with Crippen LogP contribution in [0.3, 0.4) is 0 Å². The zero-order valence-corrected chi connectivity index (χ0v) is 14.2. The molecule has 0 aliphatic heterocycles. The van der Waals surface area contributed by atoms with E-state index in [2.05, 4.69) is 37.4 Å². The largest absolute Gasteiger partial charge is 0.316 e. The summed E-state index contributed by atoms with van der Waals surface area (Å²) in [5, 5.41) is 4.64. The SMILES string of the molecule is CNC(Cc1ccc(Cl)c(Cl)c1)Cc1c(C)cccc1C. The predicted molar refractivity (Wildman–Crippen MR) is 92.6 cm³/mol. The molecule has 0 saturated carbocycles. The van der Waals surface area contributed by atoms with Gasteiger partial charge in [-0.05, 0) is 68.1 Å². The van der Waals surface area contributed by atoms with Crippen LogP contribution in [0.15, 0.2) is 36.4 Å². The van der Waals surface area contributed by atoms with Gasteiger partial charge >= 0.3 is 0 Å². The highest BCUT2D eigenvalue weighted by atomic mass is 35.5. The minimum atomic E-state index is 0.377. The Morgan fingerprint density at radius 2 is 1.62 bits per heavy atom. The average molecular weight is 322 g/mol. The fraction of sp³-hybridized carbons (Fsp3) is 0.333. The first-order valence-corrected chi connectivity index (χ1v) is 7.93. The Morgan fingerprint density at radius 1 is 0.952 bits per heavy atom. The molecule has 1 nitrogen and oxygen atoms in total. The van der Waals surface area contributed by atoms with Crippen LogP contribution in [0.5, 0.6) is 0 Å². The molecule has 0 fully saturated rings. The molecule has 2 aromatic rings. The van der Waals surface area contributed by atoms with Gasteiger partial charge in [0.1, 0.15) is 0 Å². The van der Waals surface area contributed by atoms with E-state index in [9.17, 15) is 0 Å². The van der Waals surface area contributed by atoms with E-state index in [1.54, 1.807) is 0 Å². The summed E-state index contributed by atoms with van der Waals surface area (Å²) in [6, 6.07) is 12.7. The van der Waals surface area contributed by atoms with Gasteiger partial charge in [0.25, 0.3) is 0 Å². The molecule has 1 atom stereocenters. The Hall–Kier alpha value is -1.02. The molecular formula is C18H21Cl2N. The van der Waals surface area contributed by atoms with Gasteiger partial charge in [-0.3, -0.25) is 0 Å². The van der Waals surface area contributed by atoms with Crippen LogP contribution in [-0.2, 0) is 12.8 Å². The molecule has 112 valence electrons. The fourth-order valence-electron chi connectivity index (χ4n) is 2.64. The smallest absolute Gasteiger partial charge is 0.0595 e. The predicted octanol–water partition coefficient (Wildman–Crippen LogP) is 4.98. The molecule has 21 heavy (non-hydrogen) atoms. The van der Waals surface area contributed by atoms with Crippen molar-refractivity contribution in [3.63, 3.8) is 0 Å². The Bertz CT molecular complexity index is 602. The second-order valence-electron chi connectivity index (χ2n) is 5.51. The van der Waals surface area contributed by atoms with Crippen molar-refractivity contribution >= 4 is 23.2 Å². The highest BCUT2D eigenvalue weighted by Crippen LogP contribution is 2.24. The normalized spacial score (nSPS) is 12.4. The Kier molecular flexibility index (Phi) is 5.69. The highest BCUT2D eigenvalue weighted by molar-refractivity contribution is 6.42. The summed E-state index contributed by atoms with van der Waals surface area (Å²) in [6.07, 6.45) is 1.94. The lowest BCUT2D eigenvalue weighted by Crippen LogP contribution is -2.30. The lowest BCUT2D eigenvalue weighted by Gasteiger charge is -2.19. The van der Waals surface area contributed by atoms with E-state index in [-0.39, 0.29) is 0 Å². The van der Waals surface area contributed by atoms with Crippen LogP contribution < -0.4 is 5.32 Å². The molecule has 0 aromatic heterocycles. The Balaban J connectivity index is 2.15. The number of rotatable bonds is 5. The maximum absolute atomic E-state index is 6.10. The molecule has 0 radical (unpaired) electrons. The molecular weight excluding hydrogens is 301 g/mol. The van der Waals surface area contributed by atoms with E-state index < -0.39 is 0 Å². The van der Waals surface area contributed by atoms with Crippen molar-refractivity contribution in [2.75, 3.05) is 7.05 Å². The van der Waals surface area contributed by atoms with Crippen molar-refractivity contribution in [1.82, 2.24) is 5.32 Å². The third kappa shape index (κ3) is 4.23. The molecule has 0 bridgehead atoms. The average Bonchev–Trinajstić information content (AvgIpc) is 2.45. The number of benzene rings is 2. The van der Waals surface area contributed by atoms with Gasteiger partial charge in [0.15, 0.2) is 0 Å². The van der Waals surface area contributed by atoms with Gasteiger partial charge in [-0.1, -0.05) is 47.5 Å². The summed E-state index contributed by atoms with van der Waals surface area (Å²) in [4.78, 5) is 0. The minimum Gasteiger partial charge on any atom is -0.316 e. The van der Waals surface area contributed by atoms with E-state index in [0.717, 1.165) is 12.8 Å². The number of aryl methyl sites for hydroxylation is 2. The van der Waals surface area contributed by atoms with Crippen LogP contribution in [0, 0.1) is 13.8 Å². The van der Waals surface area contributed by atoms with Crippen LogP contribution in [0.25, 0.3) is 0 Å². The lowest BCUT2D eigenvalue weighted by atomic mass is 9.93. The van der Waals surface area contributed by atoms with E-state index in [4.69, 9.17) is 23.2 Å². The quantitative estimate of drug-likeness (QED) is 0.818. The number of hydrogen-bond acceptors (Lipinski definition) is 1. The van der Waals surface area contributed by atoms with Crippen molar-refractivity contribution in [2.24, 2.45) is 0 Å². The van der Waals surface area contributed by atoms with Crippen LogP contribution in [-0.4, -0.2) is 13.1 Å². The first-order valence-electron chi connectivity index (χ1n) is 7.17. The number of likely N-dealkylation sites (N-methyl/N-ethyl adjacent to an activating group) is 1. The van der Waals surface area contributed by atoms with E-state index >= 15 is 0 Å². The maximum atomic E-state index is 6.10. The monoisotopic (exact) mass is 321 g/mol. The molecule has 0 aliphatic carbocycles. The molecule has 3 heteroatoms. The standard InChI is InChI=1S/C18H21Cl2N/c1-12-5-4-6-13(2)16(12)11-15(21-3)9-14-7-8-17(19)18(20)10-14/h4-8,10,15,21H,9,11H2,1-3H3. The van der Waals surface area contributed by atoms with Crippen molar-refractivity contribution in [2.45, 2.75) is 32.7 Å². The molecule has 0 amide bonds. The van der Waals surface area contributed by atoms with Gasteiger partial charge in [-0.25, -0.2) is 0 Å².